The molecule has 0 heterocycles. The van der Waals surface area contributed by atoms with Crippen molar-refractivity contribution in [3.05, 3.63) is 48.5 Å². The van der Waals surface area contributed by atoms with Crippen LogP contribution < -0.4 is 122 Å². The average molecular weight is 677 g/mol. The number of carbonyl (C=O) groups is 3. The van der Waals surface area contributed by atoms with E-state index < -0.39 is 0 Å². The van der Waals surface area contributed by atoms with Gasteiger partial charge in [-0.05, 0) is 80.6 Å². The molecule has 0 aromatic heterocycles. The van der Waals surface area contributed by atoms with Crippen molar-refractivity contribution in [2.24, 2.45) is 0 Å². The van der Waals surface area contributed by atoms with Crippen LogP contribution in [0.15, 0.2) is 48.5 Å². The second-order valence-corrected chi connectivity index (χ2v) is 9.28. The Morgan fingerprint density at radius 3 is 1.65 bits per heavy atom. The number of aromatic hydroxyl groups is 1. The van der Waals surface area contributed by atoms with Gasteiger partial charge in [0.25, 0.3) is 6.47 Å². The van der Waals surface area contributed by atoms with Crippen molar-refractivity contribution in [2.45, 2.75) is 62.8 Å². The van der Waals surface area contributed by atoms with Crippen molar-refractivity contribution in [1.82, 2.24) is 0 Å². The van der Waals surface area contributed by atoms with E-state index in [1.54, 1.807) is 38.5 Å². The molecule has 4 rings (SSSR count). The average Bonchev–Trinajstić information content (AvgIpc) is 3.00. The van der Waals surface area contributed by atoms with Gasteiger partial charge >= 0.3 is 103 Å². The number of rotatable bonds is 9. The van der Waals surface area contributed by atoms with Crippen LogP contribution in [-0.2, 0) is 28.7 Å². The molecule has 2 atom stereocenters. The summed E-state index contributed by atoms with van der Waals surface area (Å²) in [6.07, 6.45) is 7.00. The molecule has 11 nitrogen and oxygen atoms in total. The molecular formula is C29H39ClK2O11. The molecule has 2 unspecified atom stereocenters. The number of phenols is 1. The van der Waals surface area contributed by atoms with Crippen LogP contribution in [0.1, 0.15) is 52.8 Å². The number of Topliss-reactive ketones (excluding diaryl/α,β-unsaturated/α-hetero) is 2. The normalized spacial score (nSPS) is 16.8. The van der Waals surface area contributed by atoms with E-state index in [0.29, 0.717) is 24.3 Å². The van der Waals surface area contributed by atoms with Crippen molar-refractivity contribution in [3.8, 4) is 23.0 Å². The maximum Gasteiger partial charge on any atom is 1.00 e. The summed E-state index contributed by atoms with van der Waals surface area (Å²) in [5.41, 5.74) is 0. The largest absolute Gasteiger partial charge is 1.00 e. The minimum atomic E-state index is -0.274. The second-order valence-electron chi connectivity index (χ2n) is 8.76. The summed E-state index contributed by atoms with van der Waals surface area (Å²) >= 11 is 5.62. The molecule has 2 aromatic carbocycles. The number of ketones is 2. The number of benzene rings is 2. The van der Waals surface area contributed by atoms with Gasteiger partial charge in [-0.2, -0.15) is 0 Å². The Hall–Kier alpha value is -0.107. The Bertz CT molecular complexity index is 1000. The molecule has 14 heteroatoms. The van der Waals surface area contributed by atoms with Gasteiger partial charge in [-0.1, -0.05) is 6.42 Å². The molecule has 0 spiro atoms. The van der Waals surface area contributed by atoms with Gasteiger partial charge in [-0.25, -0.2) is 0 Å². The quantitative estimate of drug-likeness (QED) is 0.0803. The van der Waals surface area contributed by atoms with Gasteiger partial charge in [0.2, 0.25) is 0 Å². The molecule has 1 N–H and O–H groups in total. The monoisotopic (exact) mass is 676 g/mol. The van der Waals surface area contributed by atoms with Gasteiger partial charge in [0, 0.05) is 27.1 Å². The minimum Gasteiger partial charge on any atom is -1.00 e. The van der Waals surface area contributed by atoms with Crippen molar-refractivity contribution in [1.29, 1.82) is 0 Å². The van der Waals surface area contributed by atoms with Crippen LogP contribution in [-0.4, -0.2) is 62.4 Å². The van der Waals surface area contributed by atoms with E-state index in [1.807, 2.05) is 24.3 Å². The van der Waals surface area contributed by atoms with Crippen LogP contribution in [0.25, 0.3) is 0 Å². The van der Waals surface area contributed by atoms with E-state index in [9.17, 15) is 9.59 Å². The minimum absolute atomic E-state index is 0. The number of ether oxygens (including phenoxy) is 5. The van der Waals surface area contributed by atoms with Crippen molar-refractivity contribution in [3.63, 3.8) is 0 Å². The Kier molecular flexibility index (Phi) is 30.7. The number of carbonyl (C=O) groups excluding carboxylic acids is 3. The summed E-state index contributed by atoms with van der Waals surface area (Å²) in [5, 5.41) is 17.2. The van der Waals surface area contributed by atoms with E-state index in [-0.39, 0.29) is 153 Å². The molecule has 2 aromatic rings. The van der Waals surface area contributed by atoms with Crippen LogP contribution >= 0.6 is 11.6 Å². The van der Waals surface area contributed by atoms with E-state index in [4.69, 9.17) is 50.4 Å². The zero-order valence-electron chi connectivity index (χ0n) is 26.3. The van der Waals surface area contributed by atoms with E-state index in [1.165, 1.54) is 0 Å². The fourth-order valence-corrected chi connectivity index (χ4v) is 3.85. The summed E-state index contributed by atoms with van der Waals surface area (Å²) in [5.74, 6) is 2.79. The molecule has 2 aliphatic rings. The van der Waals surface area contributed by atoms with Crippen LogP contribution in [0, 0.1) is 0 Å². The summed E-state index contributed by atoms with van der Waals surface area (Å²) in [6, 6.07) is 13.7. The standard InChI is InChI=1S/C14H18O4.C8H10O3.C6H9ClO.CH2O3.2K.H/c1-16-10-17-11-6-8-12(9-7-11)18-14-5-3-2-4-13(14)15;1-10-6-11-8-4-2-7(9)3-5-8;7-5-3-1-2-4-6(5)8;2-1-4-3;;;/h6-9,14H,2-5,10H2,1H3;2-5,9H,6H2,1H3;5H,1-4H2;1,3H;;;/q;;;;2*+1;-1/p-1. The summed E-state index contributed by atoms with van der Waals surface area (Å²) < 4.78 is 25.5. The Morgan fingerprint density at radius 1 is 0.814 bits per heavy atom. The Morgan fingerprint density at radius 2 is 1.26 bits per heavy atom. The van der Waals surface area contributed by atoms with Crippen molar-refractivity contribution < 1.29 is 158 Å². The van der Waals surface area contributed by atoms with E-state index in [0.717, 1.165) is 44.3 Å². The van der Waals surface area contributed by atoms with Crippen LogP contribution in [0.4, 0.5) is 0 Å². The molecule has 0 bridgehead atoms. The summed E-state index contributed by atoms with van der Waals surface area (Å²) in [4.78, 5) is 33.6. The smallest absolute Gasteiger partial charge is 1.00 e. The van der Waals surface area contributed by atoms with E-state index >= 15 is 0 Å². The number of hydrogen-bond acceptors (Lipinski definition) is 11. The maximum atomic E-state index is 11.6. The molecule has 2 fully saturated rings. The van der Waals surface area contributed by atoms with Gasteiger partial charge in [0.15, 0.2) is 31.3 Å². The predicted octanol–water partition coefficient (Wildman–Crippen LogP) is -1.77. The maximum absolute atomic E-state index is 11.6. The van der Waals surface area contributed by atoms with Gasteiger partial charge in [0.1, 0.15) is 23.0 Å². The molecule has 0 saturated heterocycles. The van der Waals surface area contributed by atoms with Gasteiger partial charge < -0.3 is 40.4 Å². The fourth-order valence-electron chi connectivity index (χ4n) is 3.59. The first-order chi connectivity index (χ1) is 19.8. The third kappa shape index (κ3) is 22.1. The number of hydrogen-bond donors (Lipinski definition) is 1. The molecule has 0 aliphatic heterocycles. The zero-order chi connectivity index (χ0) is 30.3. The van der Waals surface area contributed by atoms with Gasteiger partial charge in [-0.3, -0.25) is 14.4 Å². The molecule has 2 aliphatic carbocycles. The van der Waals surface area contributed by atoms with Crippen molar-refractivity contribution in [2.75, 3.05) is 27.8 Å². The second kappa shape index (κ2) is 29.3. The van der Waals surface area contributed by atoms with Gasteiger partial charge in [-0.15, -0.1) is 11.6 Å². The van der Waals surface area contributed by atoms with Crippen LogP contribution in [0.3, 0.4) is 0 Å². The number of phenolic OH excluding ortho intramolecular Hbond substituents is 1. The number of alkyl halides is 1. The first-order valence-electron chi connectivity index (χ1n) is 13.1. The van der Waals surface area contributed by atoms with E-state index in [2.05, 4.69) is 4.89 Å². The molecule has 2 saturated carbocycles. The number of halogens is 1. The Balaban J connectivity index is -0.000000558. The van der Waals surface area contributed by atoms with Crippen molar-refractivity contribution >= 4 is 29.6 Å². The summed E-state index contributed by atoms with van der Waals surface area (Å²) in [7, 11) is 3.13. The fraction of sp³-hybridized carbons (Fsp3) is 0.483. The van der Waals surface area contributed by atoms with Crippen LogP contribution in [0.2, 0.25) is 0 Å². The molecule has 0 amide bonds. The first-order valence-corrected chi connectivity index (χ1v) is 13.5. The topological polar surface area (TPSA) is 150 Å². The molecule has 43 heavy (non-hydrogen) atoms. The van der Waals surface area contributed by atoms with Crippen LogP contribution in [0.5, 0.6) is 23.0 Å². The number of methoxy groups -OCH3 is 2. The van der Waals surface area contributed by atoms with Gasteiger partial charge in [0.05, 0.1) is 5.38 Å². The molecule has 0 radical (unpaired) electrons. The predicted molar refractivity (Wildman–Crippen MR) is 149 cm³/mol. The first kappa shape index (κ1) is 45.0. The SMILES string of the molecule is COCOc1ccc(O)cc1.COCOc1ccc(OC2CCCCC2=O)cc1.O=C1CCCCC1Cl.O=CO[O-].[H-].[K+].[K+]. The molecular weight excluding hydrogens is 638 g/mol. The molecule has 230 valence electrons. The Labute approximate surface area is 344 Å². The third-order valence-electron chi connectivity index (χ3n) is 5.64. The third-order valence-corrected chi connectivity index (χ3v) is 6.11. The zero-order valence-corrected chi connectivity index (χ0v) is 32.3. The summed E-state index contributed by atoms with van der Waals surface area (Å²) in [6.45, 7) is 0.270.